The second-order valence-electron chi connectivity index (χ2n) is 2.93. The molecule has 2 aromatic rings. The zero-order valence-electron chi connectivity index (χ0n) is 7.34. The third kappa shape index (κ3) is 1.45. The van der Waals surface area contributed by atoms with Crippen molar-refractivity contribution in [1.29, 1.82) is 0 Å². The van der Waals surface area contributed by atoms with Crippen LogP contribution in [0.2, 0.25) is 0 Å². The number of aromatic nitrogens is 2. The number of hydrogen-bond acceptors (Lipinski definition) is 3. The van der Waals surface area contributed by atoms with Crippen molar-refractivity contribution in [3.63, 3.8) is 0 Å². The molecule has 0 aromatic carbocycles. The molecule has 0 fully saturated rings. The number of nitrogens with two attached hydrogens (primary N) is 1. The minimum absolute atomic E-state index is 0.223. The number of nitrogen functional groups attached to an aromatic ring is 1. The third-order valence-electron chi connectivity index (χ3n) is 2.09. The van der Waals surface area contributed by atoms with Gasteiger partial charge in [-0.05, 0) is 35.4 Å². The van der Waals surface area contributed by atoms with Crippen molar-refractivity contribution in [2.24, 2.45) is 0 Å². The molecule has 0 aliphatic carbocycles. The van der Waals surface area contributed by atoms with Crippen molar-refractivity contribution in [3.05, 3.63) is 34.7 Å². The summed E-state index contributed by atoms with van der Waals surface area (Å²) in [6.07, 6.45) is 1.72. The fourth-order valence-electron chi connectivity index (χ4n) is 1.30. The van der Waals surface area contributed by atoms with Crippen LogP contribution in [0.15, 0.2) is 29.1 Å². The molecule has 0 spiro atoms. The normalized spacial score (nSPS) is 13.0. The van der Waals surface area contributed by atoms with Crippen LogP contribution in [-0.2, 0) is 0 Å². The molecule has 0 aliphatic heterocycles. The van der Waals surface area contributed by atoms with Crippen molar-refractivity contribution in [3.8, 4) is 0 Å². The van der Waals surface area contributed by atoms with Crippen LogP contribution in [0.3, 0.4) is 0 Å². The molecule has 2 rings (SSSR count). The van der Waals surface area contributed by atoms with Crippen LogP contribution in [-0.4, -0.2) is 9.78 Å². The van der Waals surface area contributed by atoms with E-state index in [0.717, 1.165) is 0 Å². The highest BCUT2D eigenvalue weighted by molar-refractivity contribution is 7.07. The molecule has 0 bridgehead atoms. The van der Waals surface area contributed by atoms with Gasteiger partial charge in [-0.15, -0.1) is 0 Å². The molecule has 13 heavy (non-hydrogen) atoms. The van der Waals surface area contributed by atoms with Gasteiger partial charge in [-0.3, -0.25) is 0 Å². The Balaban J connectivity index is 2.33. The van der Waals surface area contributed by atoms with Gasteiger partial charge in [0.15, 0.2) is 0 Å². The molecule has 2 aromatic heterocycles. The first-order valence-electron chi connectivity index (χ1n) is 4.10. The lowest BCUT2D eigenvalue weighted by atomic mass is 10.2. The summed E-state index contributed by atoms with van der Waals surface area (Å²) in [5.74, 6) is 0.707. The van der Waals surface area contributed by atoms with E-state index in [2.05, 4.69) is 28.8 Å². The number of nitrogens with zero attached hydrogens (tertiary/aromatic N) is 2. The first-order valence-corrected chi connectivity index (χ1v) is 5.04. The maximum Gasteiger partial charge on any atom is 0.122 e. The SMILES string of the molecule is C[C@H](c1ccsc1)n1nccc1N. The summed E-state index contributed by atoms with van der Waals surface area (Å²) in [5.41, 5.74) is 7.00. The molecular weight excluding hydrogens is 182 g/mol. The Morgan fingerprint density at radius 3 is 2.92 bits per heavy atom. The van der Waals surface area contributed by atoms with Crippen LogP contribution in [0.5, 0.6) is 0 Å². The maximum absolute atomic E-state index is 5.75. The van der Waals surface area contributed by atoms with Gasteiger partial charge >= 0.3 is 0 Å². The van der Waals surface area contributed by atoms with Gasteiger partial charge in [-0.1, -0.05) is 0 Å². The van der Waals surface area contributed by atoms with E-state index >= 15 is 0 Å². The second kappa shape index (κ2) is 3.22. The molecule has 0 saturated carbocycles. The Hall–Kier alpha value is -1.29. The van der Waals surface area contributed by atoms with Gasteiger partial charge in [0.2, 0.25) is 0 Å². The molecule has 0 unspecified atom stereocenters. The van der Waals surface area contributed by atoms with Gasteiger partial charge in [-0.2, -0.15) is 16.4 Å². The first-order chi connectivity index (χ1) is 6.29. The molecular formula is C9H11N3S. The molecule has 0 radical (unpaired) electrons. The van der Waals surface area contributed by atoms with E-state index in [-0.39, 0.29) is 6.04 Å². The number of rotatable bonds is 2. The van der Waals surface area contributed by atoms with Gasteiger partial charge in [0.05, 0.1) is 12.2 Å². The van der Waals surface area contributed by atoms with Crippen molar-refractivity contribution in [1.82, 2.24) is 9.78 Å². The lowest BCUT2D eigenvalue weighted by Crippen LogP contribution is -2.10. The topological polar surface area (TPSA) is 43.8 Å². The van der Waals surface area contributed by atoms with Gasteiger partial charge in [0, 0.05) is 0 Å². The minimum atomic E-state index is 0.223. The van der Waals surface area contributed by atoms with Crippen LogP contribution in [0.1, 0.15) is 18.5 Å². The van der Waals surface area contributed by atoms with Crippen LogP contribution in [0, 0.1) is 0 Å². The van der Waals surface area contributed by atoms with Crippen molar-refractivity contribution in [2.75, 3.05) is 5.73 Å². The monoisotopic (exact) mass is 193 g/mol. The molecule has 4 heteroatoms. The predicted octanol–water partition coefficient (Wildman–Crippen LogP) is 2.14. The van der Waals surface area contributed by atoms with E-state index < -0.39 is 0 Å². The number of anilines is 1. The van der Waals surface area contributed by atoms with E-state index in [0.29, 0.717) is 5.82 Å². The van der Waals surface area contributed by atoms with Crippen LogP contribution >= 0.6 is 11.3 Å². The van der Waals surface area contributed by atoms with Crippen LogP contribution in [0.4, 0.5) is 5.82 Å². The zero-order chi connectivity index (χ0) is 9.26. The standard InChI is InChI=1S/C9H11N3S/c1-7(8-3-5-13-6-8)12-9(10)2-4-11-12/h2-7H,10H2,1H3/t7-/m1/s1. The highest BCUT2D eigenvalue weighted by Crippen LogP contribution is 2.21. The summed E-state index contributed by atoms with van der Waals surface area (Å²) < 4.78 is 1.82. The largest absolute Gasteiger partial charge is 0.384 e. The van der Waals surface area contributed by atoms with Crippen molar-refractivity contribution in [2.45, 2.75) is 13.0 Å². The van der Waals surface area contributed by atoms with Crippen molar-refractivity contribution >= 4 is 17.2 Å². The third-order valence-corrected chi connectivity index (χ3v) is 2.79. The molecule has 0 aliphatic rings. The Morgan fingerprint density at radius 1 is 1.54 bits per heavy atom. The Kier molecular flexibility index (Phi) is 2.06. The lowest BCUT2D eigenvalue weighted by molar-refractivity contribution is 0.574. The number of hydrogen-bond donors (Lipinski definition) is 1. The predicted molar refractivity (Wildman–Crippen MR) is 54.8 cm³/mol. The summed E-state index contributed by atoms with van der Waals surface area (Å²) >= 11 is 1.69. The van der Waals surface area contributed by atoms with Gasteiger partial charge in [-0.25, -0.2) is 4.68 Å². The Labute approximate surface area is 80.8 Å². The lowest BCUT2D eigenvalue weighted by Gasteiger charge is -2.11. The maximum atomic E-state index is 5.75. The molecule has 68 valence electrons. The average molecular weight is 193 g/mol. The minimum Gasteiger partial charge on any atom is -0.384 e. The number of thiophene rings is 1. The van der Waals surface area contributed by atoms with Gasteiger partial charge < -0.3 is 5.73 Å². The fourth-order valence-corrected chi connectivity index (χ4v) is 2.05. The first kappa shape index (κ1) is 8.31. The highest BCUT2D eigenvalue weighted by Gasteiger charge is 2.10. The van der Waals surface area contributed by atoms with E-state index in [4.69, 9.17) is 5.73 Å². The van der Waals surface area contributed by atoms with Gasteiger partial charge in [0.25, 0.3) is 0 Å². The zero-order valence-corrected chi connectivity index (χ0v) is 8.16. The molecule has 0 amide bonds. The van der Waals surface area contributed by atoms with E-state index in [9.17, 15) is 0 Å². The van der Waals surface area contributed by atoms with Crippen LogP contribution in [0.25, 0.3) is 0 Å². The highest BCUT2D eigenvalue weighted by atomic mass is 32.1. The quantitative estimate of drug-likeness (QED) is 0.794. The molecule has 0 saturated heterocycles. The summed E-state index contributed by atoms with van der Waals surface area (Å²) in [6, 6.07) is 4.13. The fraction of sp³-hybridized carbons (Fsp3) is 0.222. The van der Waals surface area contributed by atoms with Crippen LogP contribution < -0.4 is 5.73 Å². The smallest absolute Gasteiger partial charge is 0.122 e. The summed E-state index contributed by atoms with van der Waals surface area (Å²) in [6.45, 7) is 2.09. The van der Waals surface area contributed by atoms with E-state index in [1.807, 2.05) is 10.7 Å². The Bertz CT molecular complexity index is 377. The molecule has 1 atom stereocenters. The average Bonchev–Trinajstić information content (AvgIpc) is 2.72. The second-order valence-corrected chi connectivity index (χ2v) is 3.71. The summed E-state index contributed by atoms with van der Waals surface area (Å²) in [7, 11) is 0. The molecule has 3 nitrogen and oxygen atoms in total. The van der Waals surface area contributed by atoms with Crippen molar-refractivity contribution < 1.29 is 0 Å². The summed E-state index contributed by atoms with van der Waals surface area (Å²) in [5, 5.41) is 8.35. The Morgan fingerprint density at radius 2 is 2.38 bits per heavy atom. The molecule has 2 heterocycles. The van der Waals surface area contributed by atoms with E-state index in [1.165, 1.54) is 5.56 Å². The molecule has 2 N–H and O–H groups in total. The van der Waals surface area contributed by atoms with Gasteiger partial charge in [0.1, 0.15) is 5.82 Å². The summed E-state index contributed by atoms with van der Waals surface area (Å²) in [4.78, 5) is 0. The van der Waals surface area contributed by atoms with E-state index in [1.54, 1.807) is 17.5 Å².